The summed E-state index contributed by atoms with van der Waals surface area (Å²) in [5.74, 6) is -2.19. The minimum atomic E-state index is -0.877. The van der Waals surface area contributed by atoms with E-state index < -0.39 is 23.9 Å². The molecule has 2 amide bonds. The van der Waals surface area contributed by atoms with Gasteiger partial charge in [0, 0.05) is 12.8 Å². The summed E-state index contributed by atoms with van der Waals surface area (Å²) in [6.07, 6.45) is -0.158. The maximum absolute atomic E-state index is 11.7. The van der Waals surface area contributed by atoms with Crippen molar-refractivity contribution in [3.8, 4) is 0 Å². The van der Waals surface area contributed by atoms with Crippen molar-refractivity contribution >= 4 is 34.9 Å². The van der Waals surface area contributed by atoms with Crippen LogP contribution in [-0.2, 0) is 38.2 Å². The second kappa shape index (κ2) is 13.7. The van der Waals surface area contributed by atoms with Crippen LogP contribution in [0.5, 0.6) is 0 Å². The van der Waals surface area contributed by atoms with E-state index in [1.54, 1.807) is 0 Å². The van der Waals surface area contributed by atoms with Crippen molar-refractivity contribution in [1.29, 1.82) is 0 Å². The molecule has 2 unspecified atom stereocenters. The third kappa shape index (κ3) is 12.8. The molecule has 2 N–H and O–H groups in total. The van der Waals surface area contributed by atoms with Crippen LogP contribution in [0, 0.1) is 0 Å². The van der Waals surface area contributed by atoms with E-state index in [9.17, 15) is 28.8 Å². The molecular formula is C18H28N2O8. The molecule has 2 atom stereocenters. The van der Waals surface area contributed by atoms with Gasteiger partial charge in [-0.1, -0.05) is 0 Å². The van der Waals surface area contributed by atoms with Gasteiger partial charge in [0.05, 0.1) is 25.3 Å². The summed E-state index contributed by atoms with van der Waals surface area (Å²) in [5, 5.41) is 4.81. The molecular weight excluding hydrogens is 372 g/mol. The SMILES string of the molecule is CC(=O)CC(NC(=O)COCCOCC(=O)NC(CC(C)=O)C(C)=O)C(C)=O. The Morgan fingerprint density at radius 1 is 0.643 bits per heavy atom. The Morgan fingerprint density at radius 3 is 1.21 bits per heavy atom. The monoisotopic (exact) mass is 400 g/mol. The Hall–Kier alpha value is -2.46. The molecule has 0 spiro atoms. The van der Waals surface area contributed by atoms with Gasteiger partial charge in [-0.05, 0) is 27.7 Å². The Kier molecular flexibility index (Phi) is 12.5. The fourth-order valence-corrected chi connectivity index (χ4v) is 2.09. The van der Waals surface area contributed by atoms with Crippen LogP contribution >= 0.6 is 0 Å². The topological polar surface area (TPSA) is 145 Å². The molecule has 0 aliphatic heterocycles. The van der Waals surface area contributed by atoms with Gasteiger partial charge < -0.3 is 20.1 Å². The molecule has 10 nitrogen and oxygen atoms in total. The second-order valence-corrected chi connectivity index (χ2v) is 6.38. The van der Waals surface area contributed by atoms with Gasteiger partial charge in [-0.25, -0.2) is 0 Å². The highest BCUT2D eigenvalue weighted by Crippen LogP contribution is 1.97. The molecule has 0 aromatic rings. The predicted molar refractivity (Wildman–Crippen MR) is 97.5 cm³/mol. The van der Waals surface area contributed by atoms with E-state index in [2.05, 4.69) is 10.6 Å². The normalized spacial score (nSPS) is 12.6. The zero-order valence-corrected chi connectivity index (χ0v) is 16.7. The largest absolute Gasteiger partial charge is 0.369 e. The van der Waals surface area contributed by atoms with Gasteiger partial charge in [-0.15, -0.1) is 0 Å². The van der Waals surface area contributed by atoms with Crippen molar-refractivity contribution in [3.63, 3.8) is 0 Å². The van der Waals surface area contributed by atoms with E-state index in [0.717, 1.165) is 0 Å². The van der Waals surface area contributed by atoms with Crippen molar-refractivity contribution in [2.45, 2.75) is 52.6 Å². The predicted octanol–water partition coefficient (Wildman–Crippen LogP) is -0.875. The first-order valence-electron chi connectivity index (χ1n) is 8.76. The highest BCUT2D eigenvalue weighted by molar-refractivity contribution is 5.92. The lowest BCUT2D eigenvalue weighted by Crippen LogP contribution is -2.43. The lowest BCUT2D eigenvalue weighted by Gasteiger charge is -2.15. The van der Waals surface area contributed by atoms with E-state index in [1.165, 1.54) is 27.7 Å². The van der Waals surface area contributed by atoms with E-state index >= 15 is 0 Å². The standard InChI is InChI=1S/C18H28N2O8/c1-11(21)7-15(13(3)23)19-17(25)9-27-5-6-28-10-18(26)20-16(14(4)24)8-12(2)22/h15-16H,5-10H2,1-4H3,(H,19,25)(H,20,26). The Balaban J connectivity index is 4.01. The van der Waals surface area contributed by atoms with Crippen LogP contribution in [0.1, 0.15) is 40.5 Å². The maximum atomic E-state index is 11.7. The number of carbonyl (C=O) groups excluding carboxylic acids is 6. The highest BCUT2D eigenvalue weighted by Gasteiger charge is 2.19. The van der Waals surface area contributed by atoms with Gasteiger partial charge in [0.25, 0.3) is 0 Å². The first-order chi connectivity index (χ1) is 13.0. The molecule has 0 rings (SSSR count). The van der Waals surface area contributed by atoms with Crippen LogP contribution in [0.15, 0.2) is 0 Å². The van der Waals surface area contributed by atoms with Crippen LogP contribution in [0.4, 0.5) is 0 Å². The number of hydrogen-bond acceptors (Lipinski definition) is 8. The van der Waals surface area contributed by atoms with Crippen molar-refractivity contribution in [1.82, 2.24) is 10.6 Å². The van der Waals surface area contributed by atoms with Crippen molar-refractivity contribution in [3.05, 3.63) is 0 Å². The number of hydrogen-bond donors (Lipinski definition) is 2. The number of rotatable bonds is 15. The zero-order chi connectivity index (χ0) is 21.7. The average Bonchev–Trinajstić information content (AvgIpc) is 2.55. The highest BCUT2D eigenvalue weighted by atomic mass is 16.5. The van der Waals surface area contributed by atoms with Crippen LogP contribution in [0.25, 0.3) is 0 Å². The Morgan fingerprint density at radius 2 is 0.964 bits per heavy atom. The van der Waals surface area contributed by atoms with Crippen molar-refractivity contribution in [2.24, 2.45) is 0 Å². The van der Waals surface area contributed by atoms with E-state index in [-0.39, 0.29) is 62.4 Å². The molecule has 0 saturated carbocycles. The summed E-state index contributed by atoms with van der Waals surface area (Å²) in [7, 11) is 0. The fourth-order valence-electron chi connectivity index (χ4n) is 2.09. The van der Waals surface area contributed by atoms with Gasteiger partial charge in [-0.3, -0.25) is 28.8 Å². The first kappa shape index (κ1) is 25.5. The average molecular weight is 400 g/mol. The fraction of sp³-hybridized carbons (Fsp3) is 0.667. The molecule has 0 heterocycles. The number of carbonyl (C=O) groups is 6. The quantitative estimate of drug-likeness (QED) is 0.337. The van der Waals surface area contributed by atoms with Gasteiger partial charge in [0.1, 0.15) is 24.8 Å². The number of ketones is 4. The van der Waals surface area contributed by atoms with Gasteiger partial charge in [-0.2, -0.15) is 0 Å². The first-order valence-corrected chi connectivity index (χ1v) is 8.76. The second-order valence-electron chi connectivity index (χ2n) is 6.38. The minimum Gasteiger partial charge on any atom is -0.369 e. The molecule has 158 valence electrons. The Labute approximate surface area is 163 Å². The summed E-state index contributed by atoms with van der Waals surface area (Å²) in [4.78, 5) is 68.2. The number of nitrogens with one attached hydrogen (secondary N) is 2. The van der Waals surface area contributed by atoms with E-state index in [0.29, 0.717) is 0 Å². The molecule has 0 bridgehead atoms. The van der Waals surface area contributed by atoms with Gasteiger partial charge >= 0.3 is 0 Å². The summed E-state index contributed by atoms with van der Waals surface area (Å²) in [5.41, 5.74) is 0. The maximum Gasteiger partial charge on any atom is 0.246 e. The summed E-state index contributed by atoms with van der Waals surface area (Å²) >= 11 is 0. The molecule has 0 aliphatic rings. The smallest absolute Gasteiger partial charge is 0.246 e. The molecule has 0 fully saturated rings. The summed E-state index contributed by atoms with van der Waals surface area (Å²) < 4.78 is 10.1. The van der Waals surface area contributed by atoms with Gasteiger partial charge in [0.15, 0.2) is 11.6 Å². The molecule has 0 aromatic carbocycles. The lowest BCUT2D eigenvalue weighted by molar-refractivity contribution is -0.133. The molecule has 0 saturated heterocycles. The number of ether oxygens (including phenoxy) is 2. The van der Waals surface area contributed by atoms with Crippen LogP contribution in [-0.4, -0.2) is 73.5 Å². The molecule has 10 heteroatoms. The van der Waals surface area contributed by atoms with Gasteiger partial charge in [0.2, 0.25) is 11.8 Å². The molecule has 28 heavy (non-hydrogen) atoms. The Bertz CT molecular complexity index is 550. The van der Waals surface area contributed by atoms with Crippen LogP contribution in [0.3, 0.4) is 0 Å². The van der Waals surface area contributed by atoms with Crippen molar-refractivity contribution < 1.29 is 38.2 Å². The third-order valence-electron chi connectivity index (χ3n) is 3.47. The molecule has 0 aliphatic carbocycles. The zero-order valence-electron chi connectivity index (χ0n) is 16.7. The third-order valence-corrected chi connectivity index (χ3v) is 3.47. The summed E-state index contributed by atoms with van der Waals surface area (Å²) in [6.45, 7) is 4.57. The van der Waals surface area contributed by atoms with Crippen LogP contribution < -0.4 is 10.6 Å². The van der Waals surface area contributed by atoms with E-state index in [4.69, 9.17) is 9.47 Å². The van der Waals surface area contributed by atoms with E-state index in [1.807, 2.05) is 0 Å². The van der Waals surface area contributed by atoms with Crippen LogP contribution in [0.2, 0.25) is 0 Å². The molecule has 0 radical (unpaired) electrons. The molecule has 0 aromatic heterocycles. The summed E-state index contributed by atoms with van der Waals surface area (Å²) in [6, 6.07) is -1.75. The lowest BCUT2D eigenvalue weighted by atomic mass is 10.1. The minimum absolute atomic E-state index is 0.0156. The number of Topliss-reactive ketones (excluding diaryl/α,β-unsaturated/α-hetero) is 4. The number of amides is 2. The van der Waals surface area contributed by atoms with Crippen molar-refractivity contribution in [2.75, 3.05) is 26.4 Å².